The Morgan fingerprint density at radius 3 is 2.95 bits per heavy atom. The molecule has 6 heteroatoms. The van der Waals surface area contributed by atoms with Crippen LogP contribution in [0.1, 0.15) is 24.1 Å². The number of amides is 2. The average molecular weight is 345 g/mol. The van der Waals surface area contributed by atoms with Gasteiger partial charge in [-0.1, -0.05) is 0 Å². The van der Waals surface area contributed by atoms with E-state index in [1.54, 1.807) is 16.2 Å². The molecule has 1 aromatic heterocycles. The lowest BCUT2D eigenvalue weighted by Gasteiger charge is -2.25. The second kappa shape index (κ2) is 7.05. The summed E-state index contributed by atoms with van der Waals surface area (Å²) in [6, 6.07) is 4.06. The van der Waals surface area contributed by atoms with Crippen molar-refractivity contribution >= 4 is 39.1 Å². The van der Waals surface area contributed by atoms with Crippen LogP contribution in [0.4, 0.5) is 0 Å². The van der Waals surface area contributed by atoms with Crippen molar-refractivity contribution in [1.82, 2.24) is 10.2 Å². The predicted molar refractivity (Wildman–Crippen MR) is 79.2 cm³/mol. The highest BCUT2D eigenvalue weighted by atomic mass is 79.9. The lowest BCUT2D eigenvalue weighted by molar-refractivity contribution is -0.137. The topological polar surface area (TPSA) is 49.4 Å². The molecule has 0 bridgehead atoms. The van der Waals surface area contributed by atoms with Crippen LogP contribution in [0.3, 0.4) is 0 Å². The number of likely N-dealkylation sites (tertiary alicyclic amines) is 1. The molecule has 1 aliphatic rings. The number of thiophene rings is 1. The smallest absolute Gasteiger partial charge is 0.239 e. The Balaban J connectivity index is 1.68. The third-order valence-corrected chi connectivity index (χ3v) is 4.76. The molecule has 0 radical (unpaired) electrons. The Hall–Kier alpha value is -0.880. The predicted octanol–water partition coefficient (Wildman–Crippen LogP) is 2.18. The first-order valence-electron chi connectivity index (χ1n) is 6.44. The van der Waals surface area contributed by atoms with Gasteiger partial charge in [0.05, 0.1) is 10.3 Å². The van der Waals surface area contributed by atoms with Crippen LogP contribution in [-0.4, -0.2) is 36.3 Å². The molecule has 1 fully saturated rings. The second-order valence-electron chi connectivity index (χ2n) is 4.58. The number of rotatable bonds is 5. The van der Waals surface area contributed by atoms with Crippen molar-refractivity contribution in [3.63, 3.8) is 0 Å². The Kier molecular flexibility index (Phi) is 5.39. The van der Waals surface area contributed by atoms with Crippen molar-refractivity contribution in [2.24, 2.45) is 0 Å². The summed E-state index contributed by atoms with van der Waals surface area (Å²) in [6.07, 6.45) is 3.36. The third kappa shape index (κ3) is 4.62. The highest BCUT2D eigenvalue weighted by Gasteiger charge is 2.19. The van der Waals surface area contributed by atoms with Gasteiger partial charge in [0.1, 0.15) is 0 Å². The van der Waals surface area contributed by atoms with Crippen LogP contribution in [-0.2, 0) is 16.0 Å². The maximum atomic E-state index is 11.7. The molecule has 0 atom stereocenters. The zero-order valence-corrected chi connectivity index (χ0v) is 13.1. The minimum Gasteiger partial charge on any atom is -0.354 e. The summed E-state index contributed by atoms with van der Waals surface area (Å²) in [6.45, 7) is 1.53. The molecule has 1 N–H and O–H groups in total. The molecule has 1 saturated heterocycles. The van der Waals surface area contributed by atoms with Crippen molar-refractivity contribution in [3.05, 3.63) is 20.8 Å². The summed E-state index contributed by atoms with van der Waals surface area (Å²) in [5.74, 6) is 0.0365. The number of nitrogens with zero attached hydrogens (tertiary/aromatic N) is 1. The van der Waals surface area contributed by atoms with Gasteiger partial charge in [-0.05, 0) is 47.3 Å². The maximum Gasteiger partial charge on any atom is 0.239 e. The zero-order chi connectivity index (χ0) is 13.7. The molecule has 0 saturated carbocycles. The van der Waals surface area contributed by atoms with E-state index in [4.69, 9.17) is 0 Å². The number of nitrogens with one attached hydrogen (secondary N) is 1. The molecule has 2 amide bonds. The van der Waals surface area contributed by atoms with Gasteiger partial charge in [0, 0.05) is 24.4 Å². The monoisotopic (exact) mass is 344 g/mol. The van der Waals surface area contributed by atoms with Crippen molar-refractivity contribution < 1.29 is 9.59 Å². The van der Waals surface area contributed by atoms with E-state index in [2.05, 4.69) is 27.3 Å². The molecule has 0 unspecified atom stereocenters. The first-order chi connectivity index (χ1) is 9.15. The van der Waals surface area contributed by atoms with E-state index in [0.717, 1.165) is 23.0 Å². The van der Waals surface area contributed by atoms with E-state index in [-0.39, 0.29) is 18.4 Å². The van der Waals surface area contributed by atoms with E-state index in [1.165, 1.54) is 4.88 Å². The number of halogens is 1. The fourth-order valence-electron chi connectivity index (χ4n) is 2.07. The molecule has 2 heterocycles. The molecular formula is C13H17BrN2O2S. The highest BCUT2D eigenvalue weighted by molar-refractivity contribution is 9.11. The Bertz CT molecular complexity index is 461. The molecule has 4 nitrogen and oxygen atoms in total. The quantitative estimate of drug-likeness (QED) is 0.889. The van der Waals surface area contributed by atoms with Crippen molar-refractivity contribution in [2.75, 3.05) is 19.6 Å². The van der Waals surface area contributed by atoms with E-state index < -0.39 is 0 Å². The van der Waals surface area contributed by atoms with Gasteiger partial charge in [-0.2, -0.15) is 0 Å². The Morgan fingerprint density at radius 2 is 2.26 bits per heavy atom. The zero-order valence-electron chi connectivity index (χ0n) is 10.7. The number of piperidine rings is 1. The summed E-state index contributed by atoms with van der Waals surface area (Å²) in [7, 11) is 0. The van der Waals surface area contributed by atoms with Crippen LogP contribution in [0, 0.1) is 0 Å². The normalized spacial score (nSPS) is 15.6. The van der Waals surface area contributed by atoms with Crippen LogP contribution in [0.2, 0.25) is 0 Å². The van der Waals surface area contributed by atoms with E-state index in [9.17, 15) is 9.59 Å². The van der Waals surface area contributed by atoms with Gasteiger partial charge in [-0.3, -0.25) is 9.59 Å². The molecule has 0 spiro atoms. The van der Waals surface area contributed by atoms with Crippen LogP contribution in [0.15, 0.2) is 15.9 Å². The number of carbonyl (C=O) groups excluding carboxylic acids is 2. The van der Waals surface area contributed by atoms with E-state index in [1.807, 2.05) is 6.07 Å². The van der Waals surface area contributed by atoms with Gasteiger partial charge in [-0.15, -0.1) is 11.3 Å². The maximum absolute atomic E-state index is 11.7. The lowest BCUT2D eigenvalue weighted by Crippen LogP contribution is -2.43. The number of carbonyl (C=O) groups is 2. The summed E-state index contributed by atoms with van der Waals surface area (Å²) in [5, 5.41) is 2.87. The first-order valence-corrected chi connectivity index (χ1v) is 8.05. The standard InChI is InChI=1S/C13H17BrN2O2S/c14-11-5-4-10(19-11)6-7-15-12(17)9-16-8-2-1-3-13(16)18/h4-5H,1-3,6-9H2,(H,15,17). The molecule has 104 valence electrons. The molecule has 1 aromatic rings. The van der Waals surface area contributed by atoms with Crippen molar-refractivity contribution in [3.8, 4) is 0 Å². The molecular weight excluding hydrogens is 328 g/mol. The van der Waals surface area contributed by atoms with E-state index >= 15 is 0 Å². The van der Waals surface area contributed by atoms with Crippen molar-refractivity contribution in [1.29, 1.82) is 0 Å². The summed E-state index contributed by atoms with van der Waals surface area (Å²) < 4.78 is 1.10. The van der Waals surface area contributed by atoms with Crippen LogP contribution < -0.4 is 5.32 Å². The van der Waals surface area contributed by atoms with Crippen LogP contribution in [0.5, 0.6) is 0 Å². The largest absolute Gasteiger partial charge is 0.354 e. The number of hydrogen-bond donors (Lipinski definition) is 1. The van der Waals surface area contributed by atoms with Crippen LogP contribution >= 0.6 is 27.3 Å². The minimum absolute atomic E-state index is 0.0640. The van der Waals surface area contributed by atoms with E-state index in [0.29, 0.717) is 19.5 Å². The first kappa shape index (κ1) is 14.5. The minimum atomic E-state index is -0.0640. The molecule has 0 aliphatic carbocycles. The fraction of sp³-hybridized carbons (Fsp3) is 0.538. The van der Waals surface area contributed by atoms with Gasteiger partial charge >= 0.3 is 0 Å². The molecule has 19 heavy (non-hydrogen) atoms. The lowest BCUT2D eigenvalue weighted by atomic mass is 10.1. The van der Waals surface area contributed by atoms with Gasteiger partial charge < -0.3 is 10.2 Å². The highest BCUT2D eigenvalue weighted by Crippen LogP contribution is 2.22. The number of hydrogen-bond acceptors (Lipinski definition) is 3. The molecule has 2 rings (SSSR count). The van der Waals surface area contributed by atoms with Gasteiger partial charge in [0.25, 0.3) is 0 Å². The SMILES string of the molecule is O=C(CN1CCCCC1=O)NCCc1ccc(Br)s1. The molecule has 1 aliphatic heterocycles. The average Bonchev–Trinajstić information content (AvgIpc) is 2.78. The van der Waals surface area contributed by atoms with Crippen LogP contribution in [0.25, 0.3) is 0 Å². The summed E-state index contributed by atoms with van der Waals surface area (Å²) in [4.78, 5) is 26.2. The summed E-state index contributed by atoms with van der Waals surface area (Å²) >= 11 is 5.09. The van der Waals surface area contributed by atoms with Gasteiger partial charge in [0.2, 0.25) is 11.8 Å². The fourth-order valence-corrected chi connectivity index (χ4v) is 3.55. The Morgan fingerprint density at radius 1 is 1.42 bits per heavy atom. The summed E-state index contributed by atoms with van der Waals surface area (Å²) in [5.41, 5.74) is 0. The molecule has 0 aromatic carbocycles. The van der Waals surface area contributed by atoms with Crippen molar-refractivity contribution in [2.45, 2.75) is 25.7 Å². The van der Waals surface area contributed by atoms with Gasteiger partial charge in [-0.25, -0.2) is 0 Å². The third-order valence-electron chi connectivity index (χ3n) is 3.08. The van der Waals surface area contributed by atoms with Gasteiger partial charge in [0.15, 0.2) is 0 Å². The second-order valence-corrected chi connectivity index (χ2v) is 7.13. The Labute approximate surface area is 125 Å².